The van der Waals surface area contributed by atoms with Crippen molar-refractivity contribution in [2.24, 2.45) is 0 Å². The molecule has 3 rings (SSSR count). The number of aromatic amines is 1. The molecule has 86 valence electrons. The van der Waals surface area contributed by atoms with Crippen molar-refractivity contribution in [1.29, 1.82) is 0 Å². The summed E-state index contributed by atoms with van der Waals surface area (Å²) in [7, 11) is 0. The Morgan fingerprint density at radius 3 is 3.06 bits per heavy atom. The molecule has 0 bridgehead atoms. The van der Waals surface area contributed by atoms with Crippen LogP contribution in [-0.4, -0.2) is 14.4 Å². The Morgan fingerprint density at radius 2 is 2.29 bits per heavy atom. The number of aromatic nitrogens is 3. The van der Waals surface area contributed by atoms with E-state index in [0.29, 0.717) is 5.52 Å². The lowest BCUT2D eigenvalue weighted by Crippen LogP contribution is -2.10. The molecule has 0 unspecified atom stereocenters. The highest BCUT2D eigenvalue weighted by atomic mass is 79.9. The summed E-state index contributed by atoms with van der Waals surface area (Å²) < 4.78 is 2.60. The van der Waals surface area contributed by atoms with E-state index in [1.165, 1.54) is 0 Å². The fourth-order valence-corrected chi connectivity index (χ4v) is 2.25. The van der Waals surface area contributed by atoms with Crippen LogP contribution in [0, 0.1) is 0 Å². The Kier molecular flexibility index (Phi) is 2.29. The minimum absolute atomic E-state index is 0.0821. The molecule has 0 aromatic carbocycles. The lowest BCUT2D eigenvalue weighted by atomic mass is 10.3. The number of hydrogen-bond acceptors (Lipinski definition) is 2. The topological polar surface area (TPSA) is 50.2 Å². The van der Waals surface area contributed by atoms with Crippen molar-refractivity contribution < 1.29 is 0 Å². The normalized spacial score (nSPS) is 11.4. The second-order valence-electron chi connectivity index (χ2n) is 3.92. The van der Waals surface area contributed by atoms with Crippen LogP contribution in [0.1, 0.15) is 12.5 Å². The van der Waals surface area contributed by atoms with Crippen LogP contribution in [0.3, 0.4) is 0 Å². The van der Waals surface area contributed by atoms with Crippen molar-refractivity contribution in [3.8, 4) is 0 Å². The van der Waals surface area contributed by atoms with E-state index in [4.69, 9.17) is 0 Å². The van der Waals surface area contributed by atoms with Crippen molar-refractivity contribution in [3.05, 3.63) is 44.9 Å². The van der Waals surface area contributed by atoms with E-state index in [0.717, 1.165) is 27.8 Å². The molecule has 3 heterocycles. The van der Waals surface area contributed by atoms with Gasteiger partial charge in [-0.15, -0.1) is 0 Å². The van der Waals surface area contributed by atoms with E-state index < -0.39 is 0 Å². The standard InChI is InChI=1S/C12H10BrN3O/c1-2-7-5-9-12(17)14-8-3-4-10(13)15-11(8)16(9)6-7/h3-6H,2H2,1H3,(H,14,17). The SMILES string of the molecule is CCc1cc2c(=O)[nH]c3ccc(Br)nc3n2c1. The minimum atomic E-state index is -0.0821. The third kappa shape index (κ3) is 1.58. The monoisotopic (exact) mass is 291 g/mol. The van der Waals surface area contributed by atoms with Crippen LogP contribution in [0.25, 0.3) is 16.7 Å². The number of rotatable bonds is 1. The molecule has 0 atom stereocenters. The fourth-order valence-electron chi connectivity index (χ4n) is 1.95. The van der Waals surface area contributed by atoms with Gasteiger partial charge in [0, 0.05) is 6.20 Å². The van der Waals surface area contributed by atoms with Gasteiger partial charge in [0.05, 0.1) is 5.52 Å². The lowest BCUT2D eigenvalue weighted by Gasteiger charge is -2.01. The molecule has 4 nitrogen and oxygen atoms in total. The van der Waals surface area contributed by atoms with Gasteiger partial charge in [0.1, 0.15) is 10.1 Å². The molecule has 0 aliphatic heterocycles. The summed E-state index contributed by atoms with van der Waals surface area (Å²) in [5.41, 5.74) is 3.18. The predicted molar refractivity (Wildman–Crippen MR) is 70.4 cm³/mol. The molecule has 0 saturated carbocycles. The molecule has 0 aliphatic rings. The average molecular weight is 292 g/mol. The van der Waals surface area contributed by atoms with E-state index in [1.54, 1.807) is 0 Å². The molecule has 3 aromatic heterocycles. The second-order valence-corrected chi connectivity index (χ2v) is 4.73. The number of halogens is 1. The number of pyridine rings is 1. The van der Waals surface area contributed by atoms with Gasteiger partial charge >= 0.3 is 0 Å². The number of hydrogen-bond donors (Lipinski definition) is 1. The summed E-state index contributed by atoms with van der Waals surface area (Å²) in [4.78, 5) is 19.1. The van der Waals surface area contributed by atoms with Gasteiger partial charge in [-0.05, 0) is 46.1 Å². The molecule has 0 spiro atoms. The summed E-state index contributed by atoms with van der Waals surface area (Å²) in [6, 6.07) is 5.56. The first-order valence-electron chi connectivity index (χ1n) is 5.38. The summed E-state index contributed by atoms with van der Waals surface area (Å²) in [6.45, 7) is 2.06. The van der Waals surface area contributed by atoms with Gasteiger partial charge in [0.15, 0.2) is 5.65 Å². The second kappa shape index (κ2) is 3.70. The van der Waals surface area contributed by atoms with Crippen LogP contribution in [0.4, 0.5) is 0 Å². The van der Waals surface area contributed by atoms with E-state index in [9.17, 15) is 4.79 Å². The van der Waals surface area contributed by atoms with E-state index >= 15 is 0 Å². The Balaban J connectivity index is 2.56. The van der Waals surface area contributed by atoms with Gasteiger partial charge in [0.25, 0.3) is 5.56 Å². The quantitative estimate of drug-likeness (QED) is 0.701. The molecule has 17 heavy (non-hydrogen) atoms. The largest absolute Gasteiger partial charge is 0.318 e. The van der Waals surface area contributed by atoms with Gasteiger partial charge in [-0.3, -0.25) is 9.20 Å². The van der Waals surface area contributed by atoms with Crippen molar-refractivity contribution in [1.82, 2.24) is 14.4 Å². The van der Waals surface area contributed by atoms with Crippen LogP contribution in [0.5, 0.6) is 0 Å². The highest BCUT2D eigenvalue weighted by molar-refractivity contribution is 9.10. The first-order chi connectivity index (χ1) is 8.19. The van der Waals surface area contributed by atoms with Crippen LogP contribution in [-0.2, 0) is 6.42 Å². The zero-order valence-corrected chi connectivity index (χ0v) is 10.8. The number of fused-ring (bicyclic) bond motifs is 3. The van der Waals surface area contributed by atoms with Gasteiger partial charge in [0.2, 0.25) is 0 Å². The molecule has 1 N–H and O–H groups in total. The maximum absolute atomic E-state index is 11.9. The maximum Gasteiger partial charge on any atom is 0.272 e. The molecule has 0 aliphatic carbocycles. The van der Waals surface area contributed by atoms with Crippen molar-refractivity contribution in [2.45, 2.75) is 13.3 Å². The van der Waals surface area contributed by atoms with Gasteiger partial charge < -0.3 is 4.98 Å². The highest BCUT2D eigenvalue weighted by Crippen LogP contribution is 2.16. The van der Waals surface area contributed by atoms with Crippen LogP contribution < -0.4 is 5.56 Å². The fraction of sp³-hybridized carbons (Fsp3) is 0.167. The summed E-state index contributed by atoms with van der Waals surface area (Å²) in [6.07, 6.45) is 2.86. The Bertz CT molecular complexity index is 772. The van der Waals surface area contributed by atoms with E-state index in [2.05, 4.69) is 32.8 Å². The molecule has 5 heteroatoms. The zero-order chi connectivity index (χ0) is 12.0. The number of aryl methyl sites for hydroxylation is 1. The molecule has 3 aromatic rings. The third-order valence-corrected chi connectivity index (χ3v) is 3.28. The van der Waals surface area contributed by atoms with Crippen molar-refractivity contribution in [2.75, 3.05) is 0 Å². The first-order valence-corrected chi connectivity index (χ1v) is 6.18. The zero-order valence-electron chi connectivity index (χ0n) is 9.20. The highest BCUT2D eigenvalue weighted by Gasteiger charge is 2.08. The summed E-state index contributed by atoms with van der Waals surface area (Å²) in [5.74, 6) is 0. The molecule has 0 amide bonds. The molecular weight excluding hydrogens is 282 g/mol. The third-order valence-electron chi connectivity index (χ3n) is 2.83. The molecule has 0 saturated heterocycles. The number of H-pyrrole nitrogens is 1. The Labute approximate surface area is 105 Å². The molecular formula is C12H10BrN3O. The smallest absolute Gasteiger partial charge is 0.272 e. The number of nitrogens with one attached hydrogen (secondary N) is 1. The summed E-state index contributed by atoms with van der Waals surface area (Å²) >= 11 is 3.34. The van der Waals surface area contributed by atoms with E-state index in [-0.39, 0.29) is 5.56 Å². The summed E-state index contributed by atoms with van der Waals surface area (Å²) in [5, 5.41) is 0. The van der Waals surface area contributed by atoms with Crippen LogP contribution in [0.15, 0.2) is 33.8 Å². The number of nitrogens with zero attached hydrogens (tertiary/aromatic N) is 2. The lowest BCUT2D eigenvalue weighted by molar-refractivity contribution is 1.10. The average Bonchev–Trinajstić information content (AvgIpc) is 2.75. The Hall–Kier alpha value is -1.62. The first kappa shape index (κ1) is 10.5. The van der Waals surface area contributed by atoms with Crippen molar-refractivity contribution in [3.63, 3.8) is 0 Å². The van der Waals surface area contributed by atoms with Crippen molar-refractivity contribution >= 4 is 32.6 Å². The van der Waals surface area contributed by atoms with Crippen LogP contribution >= 0.6 is 15.9 Å². The maximum atomic E-state index is 11.9. The van der Waals surface area contributed by atoms with Gasteiger partial charge in [-0.1, -0.05) is 6.92 Å². The molecule has 0 radical (unpaired) electrons. The predicted octanol–water partition coefficient (Wildman–Crippen LogP) is 2.50. The van der Waals surface area contributed by atoms with E-state index in [1.807, 2.05) is 28.8 Å². The van der Waals surface area contributed by atoms with Gasteiger partial charge in [-0.2, -0.15) is 0 Å². The van der Waals surface area contributed by atoms with Gasteiger partial charge in [-0.25, -0.2) is 4.98 Å². The Morgan fingerprint density at radius 1 is 1.47 bits per heavy atom. The minimum Gasteiger partial charge on any atom is -0.318 e. The van der Waals surface area contributed by atoms with Crippen LogP contribution in [0.2, 0.25) is 0 Å². The molecule has 0 fully saturated rings.